The van der Waals surface area contributed by atoms with Crippen LogP contribution < -0.4 is 4.74 Å². The van der Waals surface area contributed by atoms with Crippen molar-refractivity contribution < 1.29 is 14.6 Å². The second-order valence-electron chi connectivity index (χ2n) is 5.89. The van der Waals surface area contributed by atoms with Gasteiger partial charge in [0.05, 0.1) is 18.2 Å². The zero-order valence-corrected chi connectivity index (χ0v) is 13.1. The van der Waals surface area contributed by atoms with Gasteiger partial charge in [0.1, 0.15) is 5.75 Å². The van der Waals surface area contributed by atoms with Crippen LogP contribution in [-0.2, 0) is 11.3 Å². The summed E-state index contributed by atoms with van der Waals surface area (Å²) in [5.74, 6) is 0.124. The van der Waals surface area contributed by atoms with E-state index in [1.54, 1.807) is 7.11 Å². The molecule has 2 rings (SSSR count). The molecule has 116 valence electrons. The topological polar surface area (TPSA) is 62.7 Å². The Bertz CT molecular complexity index is 518. The lowest BCUT2D eigenvalue weighted by atomic mass is 9.77. The van der Waals surface area contributed by atoms with Crippen LogP contribution in [-0.4, -0.2) is 41.2 Å². The molecular weight excluding hydrogens is 268 g/mol. The number of methoxy groups -OCH3 is 1. The Morgan fingerprint density at radius 1 is 1.52 bits per heavy atom. The monoisotopic (exact) mass is 292 g/mol. The molecule has 0 spiro atoms. The van der Waals surface area contributed by atoms with Gasteiger partial charge in [-0.05, 0) is 32.7 Å². The number of hydrogen-bond acceptors (Lipinski definition) is 4. The number of aromatic nitrogens is 1. The first-order valence-electron chi connectivity index (χ1n) is 7.46. The van der Waals surface area contributed by atoms with E-state index >= 15 is 0 Å². The normalized spacial score (nSPS) is 23.0. The minimum Gasteiger partial charge on any atom is -0.497 e. The van der Waals surface area contributed by atoms with Gasteiger partial charge in [0.25, 0.3) is 0 Å². The number of likely N-dealkylation sites (tertiary alicyclic amines) is 1. The summed E-state index contributed by atoms with van der Waals surface area (Å²) < 4.78 is 5.27. The fraction of sp³-hybridized carbons (Fsp3) is 0.625. The second kappa shape index (κ2) is 6.43. The van der Waals surface area contributed by atoms with Crippen LogP contribution in [0.3, 0.4) is 0 Å². The standard InChI is InChI=1S/C16H24N2O3/c1-4-16(15(19)20)6-5-7-18(11-16)10-13-9-14(21-3)8-12(2)17-13/h8-9H,4-7,10-11H2,1-3H3,(H,19,20). The molecule has 1 aromatic rings. The number of carbonyl (C=O) groups is 1. The van der Waals surface area contributed by atoms with Crippen LogP contribution in [0.5, 0.6) is 5.75 Å². The van der Waals surface area contributed by atoms with E-state index in [9.17, 15) is 9.90 Å². The molecule has 2 heterocycles. The van der Waals surface area contributed by atoms with Crippen molar-refractivity contribution in [1.29, 1.82) is 0 Å². The van der Waals surface area contributed by atoms with Gasteiger partial charge in [-0.15, -0.1) is 0 Å². The molecule has 1 unspecified atom stereocenters. The van der Waals surface area contributed by atoms with Gasteiger partial charge in [0.15, 0.2) is 0 Å². The average molecular weight is 292 g/mol. The highest BCUT2D eigenvalue weighted by molar-refractivity contribution is 5.75. The van der Waals surface area contributed by atoms with Crippen molar-refractivity contribution in [2.24, 2.45) is 5.41 Å². The molecule has 5 heteroatoms. The van der Waals surface area contributed by atoms with Gasteiger partial charge < -0.3 is 9.84 Å². The number of carboxylic acids is 1. The maximum Gasteiger partial charge on any atom is 0.310 e. The van der Waals surface area contributed by atoms with Crippen LogP contribution in [0.4, 0.5) is 0 Å². The van der Waals surface area contributed by atoms with Gasteiger partial charge in [-0.3, -0.25) is 14.7 Å². The van der Waals surface area contributed by atoms with Crippen LogP contribution in [0, 0.1) is 12.3 Å². The zero-order valence-electron chi connectivity index (χ0n) is 13.1. The zero-order chi connectivity index (χ0) is 15.5. The molecule has 1 aliphatic rings. The van der Waals surface area contributed by atoms with Crippen LogP contribution in [0.15, 0.2) is 12.1 Å². The first-order chi connectivity index (χ1) is 9.99. The lowest BCUT2D eigenvalue weighted by molar-refractivity contribution is -0.153. The van der Waals surface area contributed by atoms with Crippen LogP contribution >= 0.6 is 0 Å². The van der Waals surface area contributed by atoms with Crippen LogP contribution in [0.25, 0.3) is 0 Å². The molecule has 1 aliphatic heterocycles. The Kier molecular flexibility index (Phi) is 4.83. The Balaban J connectivity index is 2.12. The van der Waals surface area contributed by atoms with Gasteiger partial charge in [-0.2, -0.15) is 0 Å². The minimum absolute atomic E-state index is 0.594. The molecule has 0 amide bonds. The fourth-order valence-electron chi connectivity index (χ4n) is 3.11. The number of ether oxygens (including phenoxy) is 1. The highest BCUT2D eigenvalue weighted by atomic mass is 16.5. The predicted molar refractivity (Wildman–Crippen MR) is 80.4 cm³/mol. The van der Waals surface area contributed by atoms with E-state index in [1.165, 1.54) is 0 Å². The Morgan fingerprint density at radius 2 is 2.29 bits per heavy atom. The predicted octanol–water partition coefficient (Wildman–Crippen LogP) is 2.48. The molecule has 1 saturated heterocycles. The van der Waals surface area contributed by atoms with Crippen molar-refractivity contribution in [2.45, 2.75) is 39.7 Å². The Labute approximate surface area is 125 Å². The highest BCUT2D eigenvalue weighted by Crippen LogP contribution is 2.34. The summed E-state index contributed by atoms with van der Waals surface area (Å²) in [5.41, 5.74) is 1.25. The van der Waals surface area contributed by atoms with Crippen LogP contribution in [0.1, 0.15) is 37.6 Å². The molecule has 21 heavy (non-hydrogen) atoms. The molecule has 1 fully saturated rings. The second-order valence-corrected chi connectivity index (χ2v) is 5.89. The summed E-state index contributed by atoms with van der Waals surface area (Å²) in [6, 6.07) is 3.82. The number of rotatable bonds is 5. The quantitative estimate of drug-likeness (QED) is 0.903. The lowest BCUT2D eigenvalue weighted by Crippen LogP contribution is -2.47. The van der Waals surface area contributed by atoms with E-state index in [0.717, 1.165) is 36.5 Å². The van der Waals surface area contributed by atoms with Crippen molar-refractivity contribution >= 4 is 5.97 Å². The summed E-state index contributed by atoms with van der Waals surface area (Å²) in [6.45, 7) is 6.10. The molecule has 0 radical (unpaired) electrons. The largest absolute Gasteiger partial charge is 0.497 e. The van der Waals surface area contributed by atoms with Gasteiger partial charge in [0.2, 0.25) is 0 Å². The molecule has 1 aromatic heterocycles. The number of carboxylic acid groups (broad SMARTS) is 1. The maximum atomic E-state index is 11.6. The first-order valence-corrected chi connectivity index (χ1v) is 7.46. The maximum absolute atomic E-state index is 11.6. The highest BCUT2D eigenvalue weighted by Gasteiger charge is 2.40. The van der Waals surface area contributed by atoms with Crippen molar-refractivity contribution in [3.63, 3.8) is 0 Å². The number of aryl methyl sites for hydroxylation is 1. The number of piperidine rings is 1. The summed E-state index contributed by atoms with van der Waals surface area (Å²) in [4.78, 5) is 18.3. The number of aliphatic carboxylic acids is 1. The van der Waals surface area contributed by atoms with Gasteiger partial charge in [0, 0.05) is 30.9 Å². The average Bonchev–Trinajstić information content (AvgIpc) is 2.46. The van der Waals surface area contributed by atoms with E-state index in [4.69, 9.17) is 4.74 Å². The Morgan fingerprint density at radius 3 is 2.90 bits per heavy atom. The lowest BCUT2D eigenvalue weighted by Gasteiger charge is -2.39. The van der Waals surface area contributed by atoms with Crippen molar-refractivity contribution in [1.82, 2.24) is 9.88 Å². The molecule has 1 atom stereocenters. The third-order valence-corrected chi connectivity index (χ3v) is 4.39. The third-order valence-electron chi connectivity index (χ3n) is 4.39. The summed E-state index contributed by atoms with van der Waals surface area (Å²) in [6.07, 6.45) is 2.35. The van der Waals surface area contributed by atoms with Gasteiger partial charge in [-0.1, -0.05) is 6.92 Å². The first kappa shape index (κ1) is 15.8. The van der Waals surface area contributed by atoms with E-state index < -0.39 is 11.4 Å². The van der Waals surface area contributed by atoms with Crippen molar-refractivity contribution in [3.05, 3.63) is 23.5 Å². The van der Waals surface area contributed by atoms with E-state index in [1.807, 2.05) is 26.0 Å². The van der Waals surface area contributed by atoms with Crippen molar-refractivity contribution in [3.8, 4) is 5.75 Å². The number of hydrogen-bond donors (Lipinski definition) is 1. The van der Waals surface area contributed by atoms with E-state index in [0.29, 0.717) is 19.5 Å². The molecule has 0 saturated carbocycles. The van der Waals surface area contributed by atoms with Crippen LogP contribution in [0.2, 0.25) is 0 Å². The minimum atomic E-state index is -0.676. The molecule has 0 aromatic carbocycles. The number of pyridine rings is 1. The van der Waals surface area contributed by atoms with E-state index in [-0.39, 0.29) is 0 Å². The summed E-state index contributed by atoms with van der Waals surface area (Å²) >= 11 is 0. The van der Waals surface area contributed by atoms with Gasteiger partial charge in [-0.25, -0.2) is 0 Å². The third kappa shape index (κ3) is 3.53. The summed E-state index contributed by atoms with van der Waals surface area (Å²) in [5, 5.41) is 9.54. The fourth-order valence-corrected chi connectivity index (χ4v) is 3.11. The molecule has 0 aliphatic carbocycles. The smallest absolute Gasteiger partial charge is 0.310 e. The van der Waals surface area contributed by atoms with E-state index in [2.05, 4.69) is 9.88 Å². The Hall–Kier alpha value is -1.62. The molecule has 0 bridgehead atoms. The summed E-state index contributed by atoms with van der Waals surface area (Å²) in [7, 11) is 1.64. The SMILES string of the molecule is CCC1(C(=O)O)CCCN(Cc2cc(OC)cc(C)n2)C1. The number of nitrogens with zero attached hydrogens (tertiary/aromatic N) is 2. The van der Waals surface area contributed by atoms with Gasteiger partial charge >= 0.3 is 5.97 Å². The molecular formula is C16H24N2O3. The van der Waals surface area contributed by atoms with Crippen molar-refractivity contribution in [2.75, 3.05) is 20.2 Å². The molecule has 1 N–H and O–H groups in total. The molecule has 5 nitrogen and oxygen atoms in total.